The van der Waals surface area contributed by atoms with Crippen LogP contribution in [0.15, 0.2) is 6.20 Å². The minimum absolute atomic E-state index is 0.107. The van der Waals surface area contributed by atoms with E-state index >= 15 is 0 Å². The van der Waals surface area contributed by atoms with E-state index in [9.17, 15) is 0 Å². The zero-order chi connectivity index (χ0) is 12.8. The summed E-state index contributed by atoms with van der Waals surface area (Å²) in [6.45, 7) is 7.88. The van der Waals surface area contributed by atoms with E-state index in [1.807, 2.05) is 27.7 Å². The molecule has 1 aliphatic heterocycles. The molecule has 17 heavy (non-hydrogen) atoms. The first-order valence-electron chi connectivity index (χ1n) is 5.26. The van der Waals surface area contributed by atoms with E-state index in [2.05, 4.69) is 9.97 Å². The second-order valence-corrected chi connectivity index (χ2v) is 5.67. The fraction of sp³-hybridized carbons (Fsp3) is 0.600. The van der Waals surface area contributed by atoms with Crippen LogP contribution in [0.2, 0.25) is 10.4 Å². The Labute approximate surface area is 111 Å². The van der Waals surface area contributed by atoms with Gasteiger partial charge in [0.05, 0.1) is 11.2 Å². The van der Waals surface area contributed by atoms with Crippen molar-refractivity contribution in [3.05, 3.63) is 16.6 Å². The third-order valence-corrected chi connectivity index (χ3v) is 3.73. The van der Waals surface area contributed by atoms with Gasteiger partial charge in [0.1, 0.15) is 5.15 Å². The maximum Gasteiger partial charge on any atom is 0.499 e. The third kappa shape index (κ3) is 2.29. The van der Waals surface area contributed by atoms with E-state index in [1.54, 1.807) is 0 Å². The maximum absolute atomic E-state index is 6.00. The van der Waals surface area contributed by atoms with Crippen LogP contribution in [-0.2, 0) is 9.31 Å². The van der Waals surface area contributed by atoms with Gasteiger partial charge in [-0.1, -0.05) is 11.6 Å². The number of aromatic nitrogens is 2. The van der Waals surface area contributed by atoms with Crippen LogP contribution < -0.4 is 5.46 Å². The van der Waals surface area contributed by atoms with Crippen molar-refractivity contribution in [1.29, 1.82) is 0 Å². The zero-order valence-corrected chi connectivity index (χ0v) is 11.6. The topological polar surface area (TPSA) is 44.2 Å². The minimum Gasteiger partial charge on any atom is -0.399 e. The molecule has 1 saturated heterocycles. The average molecular weight is 275 g/mol. The quantitative estimate of drug-likeness (QED) is 0.447. The summed E-state index contributed by atoms with van der Waals surface area (Å²) in [5, 5.41) is 0.360. The molecule has 2 heterocycles. The van der Waals surface area contributed by atoms with Crippen molar-refractivity contribution in [2.45, 2.75) is 38.9 Å². The predicted octanol–water partition coefficient (Wildman–Crippen LogP) is 2.08. The van der Waals surface area contributed by atoms with Crippen LogP contribution >= 0.6 is 23.2 Å². The summed E-state index contributed by atoms with van der Waals surface area (Å²) in [4.78, 5) is 7.76. The van der Waals surface area contributed by atoms with Crippen molar-refractivity contribution in [1.82, 2.24) is 9.97 Å². The smallest absolute Gasteiger partial charge is 0.399 e. The van der Waals surface area contributed by atoms with Crippen molar-refractivity contribution in [3.8, 4) is 0 Å². The predicted molar refractivity (Wildman–Crippen MR) is 67.8 cm³/mol. The van der Waals surface area contributed by atoms with Crippen LogP contribution in [0.3, 0.4) is 0 Å². The van der Waals surface area contributed by atoms with E-state index in [4.69, 9.17) is 32.5 Å². The van der Waals surface area contributed by atoms with Crippen LogP contribution in [0.25, 0.3) is 0 Å². The highest BCUT2D eigenvalue weighted by Gasteiger charge is 2.52. The first-order valence-corrected chi connectivity index (χ1v) is 6.02. The average Bonchev–Trinajstić information content (AvgIpc) is 2.35. The largest absolute Gasteiger partial charge is 0.499 e. The Morgan fingerprint density at radius 2 is 1.65 bits per heavy atom. The van der Waals surface area contributed by atoms with Gasteiger partial charge in [0.25, 0.3) is 0 Å². The molecule has 0 N–H and O–H groups in total. The first kappa shape index (κ1) is 13.1. The van der Waals surface area contributed by atoms with E-state index in [1.165, 1.54) is 6.20 Å². The van der Waals surface area contributed by atoms with Crippen LogP contribution in [0.1, 0.15) is 27.7 Å². The fourth-order valence-corrected chi connectivity index (χ4v) is 1.87. The van der Waals surface area contributed by atoms with Crippen molar-refractivity contribution >= 4 is 35.8 Å². The van der Waals surface area contributed by atoms with Gasteiger partial charge in [-0.2, -0.15) is 0 Å². The molecule has 0 amide bonds. The van der Waals surface area contributed by atoms with Gasteiger partial charge in [-0.3, -0.25) is 0 Å². The minimum atomic E-state index is -0.565. The monoisotopic (exact) mass is 274 g/mol. The highest BCUT2D eigenvalue weighted by Crippen LogP contribution is 2.36. The zero-order valence-electron chi connectivity index (χ0n) is 10.1. The molecule has 0 atom stereocenters. The summed E-state index contributed by atoms with van der Waals surface area (Å²) in [7, 11) is -0.565. The standard InChI is InChI=1S/C10H13BCl2N2O2/c1-9(2)10(3,4)17-11(16-9)6-5-14-8(13)15-7(6)12/h5H,1-4H3. The van der Waals surface area contributed by atoms with Gasteiger partial charge in [-0.15, -0.1) is 0 Å². The number of rotatable bonds is 1. The molecule has 7 heteroatoms. The van der Waals surface area contributed by atoms with Crippen LogP contribution in [0.4, 0.5) is 0 Å². The highest BCUT2D eigenvalue weighted by molar-refractivity contribution is 6.65. The van der Waals surface area contributed by atoms with Gasteiger partial charge in [-0.25, -0.2) is 9.97 Å². The summed E-state index contributed by atoms with van der Waals surface area (Å²) in [6, 6.07) is 0. The summed E-state index contributed by atoms with van der Waals surface area (Å²) in [5.41, 5.74) is -0.240. The Kier molecular flexibility index (Phi) is 3.15. The molecule has 0 aromatic carbocycles. The second kappa shape index (κ2) is 4.09. The molecule has 2 rings (SSSR count). The first-order chi connectivity index (χ1) is 7.73. The molecule has 1 aromatic rings. The number of halogens is 2. The fourth-order valence-electron chi connectivity index (χ4n) is 1.48. The Balaban J connectivity index is 2.32. The summed E-state index contributed by atoms with van der Waals surface area (Å²) >= 11 is 11.6. The lowest BCUT2D eigenvalue weighted by atomic mass is 9.81. The van der Waals surface area contributed by atoms with Gasteiger partial charge in [0.15, 0.2) is 0 Å². The van der Waals surface area contributed by atoms with Crippen molar-refractivity contribution < 1.29 is 9.31 Å². The van der Waals surface area contributed by atoms with Gasteiger partial charge in [0.2, 0.25) is 5.28 Å². The summed E-state index contributed by atoms with van der Waals surface area (Å²) < 4.78 is 11.7. The molecule has 92 valence electrons. The molecule has 0 radical (unpaired) electrons. The molecule has 1 aliphatic rings. The molecule has 0 unspecified atom stereocenters. The Morgan fingerprint density at radius 1 is 1.12 bits per heavy atom. The number of nitrogens with zero attached hydrogens (tertiary/aromatic N) is 2. The number of hydrogen-bond donors (Lipinski definition) is 0. The van der Waals surface area contributed by atoms with Crippen molar-refractivity contribution in [2.24, 2.45) is 0 Å². The summed E-state index contributed by atoms with van der Waals surface area (Å²) in [6.07, 6.45) is 1.53. The molecule has 4 nitrogen and oxygen atoms in total. The van der Waals surface area contributed by atoms with E-state index < -0.39 is 18.3 Å². The lowest BCUT2D eigenvalue weighted by Crippen LogP contribution is -2.41. The van der Waals surface area contributed by atoms with E-state index in [-0.39, 0.29) is 10.4 Å². The highest BCUT2D eigenvalue weighted by atomic mass is 35.5. The summed E-state index contributed by atoms with van der Waals surface area (Å²) in [5.74, 6) is 0. The third-order valence-electron chi connectivity index (χ3n) is 3.25. The SMILES string of the molecule is CC1(C)OB(c2cnc(Cl)nc2Cl)OC1(C)C. The number of hydrogen-bond acceptors (Lipinski definition) is 4. The normalized spacial score (nSPS) is 21.9. The van der Waals surface area contributed by atoms with Gasteiger partial charge < -0.3 is 9.31 Å². The maximum atomic E-state index is 6.00. The Hall–Kier alpha value is -0.355. The van der Waals surface area contributed by atoms with E-state index in [0.717, 1.165) is 0 Å². The second-order valence-electron chi connectivity index (χ2n) is 4.97. The molecule has 0 bridgehead atoms. The van der Waals surface area contributed by atoms with E-state index in [0.29, 0.717) is 5.46 Å². The van der Waals surface area contributed by atoms with Crippen molar-refractivity contribution in [2.75, 3.05) is 0 Å². The Bertz CT molecular complexity index is 438. The van der Waals surface area contributed by atoms with Gasteiger partial charge in [0, 0.05) is 11.7 Å². The molecule has 0 aliphatic carbocycles. The molecular formula is C10H13BCl2N2O2. The molecule has 0 spiro atoms. The van der Waals surface area contributed by atoms with Crippen LogP contribution in [0.5, 0.6) is 0 Å². The lowest BCUT2D eigenvalue weighted by molar-refractivity contribution is 0.00578. The lowest BCUT2D eigenvalue weighted by Gasteiger charge is -2.32. The van der Waals surface area contributed by atoms with Gasteiger partial charge in [-0.05, 0) is 39.3 Å². The van der Waals surface area contributed by atoms with Crippen LogP contribution in [0, 0.1) is 0 Å². The Morgan fingerprint density at radius 3 is 2.12 bits per heavy atom. The van der Waals surface area contributed by atoms with Crippen molar-refractivity contribution in [3.63, 3.8) is 0 Å². The molecular weight excluding hydrogens is 262 g/mol. The van der Waals surface area contributed by atoms with Gasteiger partial charge >= 0.3 is 7.12 Å². The molecule has 1 aromatic heterocycles. The molecule has 1 fully saturated rings. The van der Waals surface area contributed by atoms with Crippen LogP contribution in [-0.4, -0.2) is 28.3 Å². The molecule has 0 saturated carbocycles.